The van der Waals surface area contributed by atoms with Crippen LogP contribution in [0.4, 0.5) is 4.39 Å². The lowest BCUT2D eigenvalue weighted by molar-refractivity contribution is -0.160. The van der Waals surface area contributed by atoms with Gasteiger partial charge in [-0.25, -0.2) is 4.39 Å². The number of carbonyl (C=O) groups excluding carboxylic acids is 2. The van der Waals surface area contributed by atoms with E-state index in [2.05, 4.69) is 5.32 Å². The minimum Gasteiger partial charge on any atom is -0.469 e. The van der Waals surface area contributed by atoms with Crippen LogP contribution in [0.3, 0.4) is 0 Å². The number of rotatable bonds is 4. The number of hydrogen-bond donors (Lipinski definition) is 1. The van der Waals surface area contributed by atoms with Gasteiger partial charge in [0.15, 0.2) is 0 Å². The van der Waals surface area contributed by atoms with Crippen molar-refractivity contribution in [1.82, 2.24) is 10.2 Å². The van der Waals surface area contributed by atoms with E-state index in [0.29, 0.717) is 0 Å². The van der Waals surface area contributed by atoms with Crippen LogP contribution in [-0.2, 0) is 14.3 Å². The SMILES string of the molecule is COC(=O)C12CCC(NCC(=O)N3C[C@@H](F)C[C@H]3C#N)(CC1)CC2. The summed E-state index contributed by atoms with van der Waals surface area (Å²) >= 11 is 0. The number of carbonyl (C=O) groups is 2. The molecule has 2 atom stereocenters. The molecule has 4 rings (SSSR count). The molecular formula is C17H24FN3O3. The van der Waals surface area contributed by atoms with Gasteiger partial charge < -0.3 is 15.0 Å². The number of methoxy groups -OCH3 is 1. The fraction of sp³-hybridized carbons (Fsp3) is 0.824. The highest BCUT2D eigenvalue weighted by Gasteiger charge is 2.53. The van der Waals surface area contributed by atoms with Gasteiger partial charge in [-0.2, -0.15) is 5.26 Å². The van der Waals surface area contributed by atoms with Gasteiger partial charge in [-0.05, 0) is 38.5 Å². The number of amides is 1. The van der Waals surface area contributed by atoms with E-state index in [1.54, 1.807) is 0 Å². The zero-order valence-corrected chi connectivity index (χ0v) is 14.0. The van der Waals surface area contributed by atoms with Crippen molar-refractivity contribution in [3.63, 3.8) is 0 Å². The number of nitrogens with one attached hydrogen (secondary N) is 1. The lowest BCUT2D eigenvalue weighted by atomic mass is 9.57. The third-order valence-corrected chi connectivity index (χ3v) is 6.20. The van der Waals surface area contributed by atoms with E-state index in [9.17, 15) is 14.0 Å². The quantitative estimate of drug-likeness (QED) is 0.782. The van der Waals surface area contributed by atoms with Crippen molar-refractivity contribution in [2.24, 2.45) is 5.41 Å². The van der Waals surface area contributed by atoms with Gasteiger partial charge in [0.2, 0.25) is 5.91 Å². The average Bonchev–Trinajstić information content (AvgIpc) is 3.01. The van der Waals surface area contributed by atoms with Crippen LogP contribution in [-0.4, -0.2) is 54.7 Å². The molecule has 1 amide bonds. The van der Waals surface area contributed by atoms with Gasteiger partial charge in [0.25, 0.3) is 0 Å². The molecule has 3 saturated carbocycles. The van der Waals surface area contributed by atoms with E-state index in [1.165, 1.54) is 12.0 Å². The number of likely N-dealkylation sites (tertiary alicyclic amines) is 1. The average molecular weight is 337 g/mol. The lowest BCUT2D eigenvalue weighted by Crippen LogP contribution is -2.58. The minimum atomic E-state index is -1.11. The maximum Gasteiger partial charge on any atom is 0.311 e. The number of alkyl halides is 1. The van der Waals surface area contributed by atoms with Crippen LogP contribution in [0.1, 0.15) is 44.9 Å². The molecule has 0 aromatic heterocycles. The first-order valence-electron chi connectivity index (χ1n) is 8.60. The van der Waals surface area contributed by atoms with Crippen molar-refractivity contribution in [2.75, 3.05) is 20.2 Å². The first-order valence-corrected chi connectivity index (χ1v) is 8.60. The minimum absolute atomic E-state index is 0.0111. The van der Waals surface area contributed by atoms with Gasteiger partial charge in [0.1, 0.15) is 12.2 Å². The van der Waals surface area contributed by atoms with Crippen molar-refractivity contribution in [3.05, 3.63) is 0 Å². The molecule has 3 aliphatic carbocycles. The van der Waals surface area contributed by atoms with E-state index in [-0.39, 0.29) is 42.3 Å². The first-order chi connectivity index (χ1) is 11.4. The summed E-state index contributed by atoms with van der Waals surface area (Å²) in [5, 5.41) is 12.4. The number of ether oxygens (including phenoxy) is 1. The van der Waals surface area contributed by atoms with Crippen LogP contribution in [0, 0.1) is 16.7 Å². The summed E-state index contributed by atoms with van der Waals surface area (Å²) in [5.74, 6) is -0.332. The number of halogens is 1. The summed E-state index contributed by atoms with van der Waals surface area (Å²) in [4.78, 5) is 25.7. The van der Waals surface area contributed by atoms with Crippen molar-refractivity contribution >= 4 is 11.9 Å². The second-order valence-electron chi connectivity index (χ2n) is 7.43. The van der Waals surface area contributed by atoms with Crippen molar-refractivity contribution in [1.29, 1.82) is 5.26 Å². The van der Waals surface area contributed by atoms with E-state index in [1.807, 2.05) is 6.07 Å². The number of esters is 1. The van der Waals surface area contributed by atoms with E-state index < -0.39 is 12.2 Å². The third-order valence-electron chi connectivity index (χ3n) is 6.20. The standard InChI is InChI=1S/C17H24FN3O3/c1-24-15(23)16-2-5-17(6-3-16,7-4-16)20-10-14(22)21-11-12(18)8-13(21)9-19/h12-13,20H,2-8,10-11H2,1H3/t12-,13-,16?,17?/m0/s1. The lowest BCUT2D eigenvalue weighted by Gasteiger charge is -2.52. The number of hydrogen-bond acceptors (Lipinski definition) is 5. The Morgan fingerprint density at radius 1 is 1.29 bits per heavy atom. The summed E-state index contributed by atoms with van der Waals surface area (Å²) in [6.45, 7) is 0.132. The van der Waals surface area contributed by atoms with Crippen molar-refractivity contribution in [2.45, 2.75) is 62.7 Å². The predicted molar refractivity (Wildman–Crippen MR) is 83.5 cm³/mol. The smallest absolute Gasteiger partial charge is 0.311 e. The Labute approximate surface area is 141 Å². The highest BCUT2D eigenvalue weighted by atomic mass is 19.1. The van der Waals surface area contributed by atoms with Crippen LogP contribution in [0.2, 0.25) is 0 Å². The zero-order valence-electron chi connectivity index (χ0n) is 14.0. The van der Waals surface area contributed by atoms with Gasteiger partial charge in [-0.3, -0.25) is 9.59 Å². The fourth-order valence-electron chi connectivity index (χ4n) is 4.52. The van der Waals surface area contributed by atoms with Crippen LogP contribution < -0.4 is 5.32 Å². The van der Waals surface area contributed by atoms with Crippen LogP contribution in [0.25, 0.3) is 0 Å². The summed E-state index contributed by atoms with van der Waals surface area (Å²) < 4.78 is 18.4. The highest BCUT2D eigenvalue weighted by Crippen LogP contribution is 2.52. The van der Waals surface area contributed by atoms with Crippen LogP contribution in [0.5, 0.6) is 0 Å². The Bertz CT molecular complexity index is 549. The molecule has 6 nitrogen and oxygen atoms in total. The number of fused-ring (bicyclic) bond motifs is 3. The molecule has 24 heavy (non-hydrogen) atoms. The molecule has 0 aromatic rings. The fourth-order valence-corrected chi connectivity index (χ4v) is 4.52. The van der Waals surface area contributed by atoms with E-state index in [0.717, 1.165) is 38.5 Å². The number of nitriles is 1. The van der Waals surface area contributed by atoms with E-state index >= 15 is 0 Å². The molecule has 0 unspecified atom stereocenters. The molecule has 1 saturated heterocycles. The molecule has 1 heterocycles. The normalized spacial score (nSPS) is 38.0. The molecule has 0 aromatic carbocycles. The Morgan fingerprint density at radius 2 is 1.92 bits per heavy atom. The molecule has 1 aliphatic heterocycles. The molecular weight excluding hydrogens is 313 g/mol. The van der Waals surface area contributed by atoms with Crippen molar-refractivity contribution in [3.8, 4) is 6.07 Å². The van der Waals surface area contributed by atoms with Gasteiger partial charge >= 0.3 is 5.97 Å². The largest absolute Gasteiger partial charge is 0.469 e. The molecule has 4 fully saturated rings. The van der Waals surface area contributed by atoms with Crippen LogP contribution in [0.15, 0.2) is 0 Å². The maximum atomic E-state index is 13.5. The second-order valence-corrected chi connectivity index (χ2v) is 7.43. The molecule has 0 radical (unpaired) electrons. The molecule has 7 heteroatoms. The molecule has 132 valence electrons. The van der Waals surface area contributed by atoms with Gasteiger partial charge in [0.05, 0.1) is 31.7 Å². The molecule has 2 bridgehead atoms. The first kappa shape index (κ1) is 17.2. The summed E-state index contributed by atoms with van der Waals surface area (Å²) in [7, 11) is 1.43. The summed E-state index contributed by atoms with van der Waals surface area (Å²) in [5.41, 5.74) is -0.465. The topological polar surface area (TPSA) is 82.4 Å². The molecule has 4 aliphatic rings. The van der Waals surface area contributed by atoms with Crippen molar-refractivity contribution < 1.29 is 18.7 Å². The monoisotopic (exact) mass is 337 g/mol. The molecule has 1 N–H and O–H groups in total. The summed E-state index contributed by atoms with van der Waals surface area (Å²) in [6.07, 6.45) is 3.83. The summed E-state index contributed by atoms with van der Waals surface area (Å²) in [6, 6.07) is 1.35. The van der Waals surface area contributed by atoms with Crippen LogP contribution >= 0.6 is 0 Å². The third kappa shape index (κ3) is 2.88. The Hall–Kier alpha value is -1.68. The Balaban J connectivity index is 1.56. The zero-order chi connectivity index (χ0) is 17.4. The number of nitrogens with zero attached hydrogens (tertiary/aromatic N) is 2. The second kappa shape index (κ2) is 6.32. The maximum absolute atomic E-state index is 13.5. The predicted octanol–water partition coefficient (Wildman–Crippen LogP) is 1.30. The molecule has 0 spiro atoms. The van der Waals surface area contributed by atoms with Gasteiger partial charge in [0, 0.05) is 12.0 Å². The Morgan fingerprint density at radius 3 is 2.46 bits per heavy atom. The van der Waals surface area contributed by atoms with E-state index in [4.69, 9.17) is 10.00 Å². The highest BCUT2D eigenvalue weighted by molar-refractivity contribution is 5.80. The Kier molecular flexibility index (Phi) is 4.52. The van der Waals surface area contributed by atoms with Gasteiger partial charge in [-0.15, -0.1) is 0 Å². The van der Waals surface area contributed by atoms with Gasteiger partial charge in [-0.1, -0.05) is 0 Å².